The number of ether oxygens (including phenoxy) is 2. The van der Waals surface area contributed by atoms with Crippen LogP contribution in [0.1, 0.15) is 139 Å². The zero-order valence-electron chi connectivity index (χ0n) is 39.5. The molecule has 3 fully saturated rings. The number of aromatic amines is 2. The normalized spacial score (nSPS) is 21.1. The number of nitrogens with one attached hydrogen (secondary N) is 4. The van der Waals surface area contributed by atoms with Gasteiger partial charge in [0.25, 0.3) is 0 Å². The molecular formula is C52H67N7O6. The maximum Gasteiger partial charge on any atom is 0.407 e. The summed E-state index contributed by atoms with van der Waals surface area (Å²) < 4.78 is 9.69. The molecule has 6 atom stereocenters. The highest BCUT2D eigenvalue weighted by Crippen LogP contribution is 2.48. The first kappa shape index (κ1) is 45.6. The van der Waals surface area contributed by atoms with E-state index in [2.05, 4.69) is 119 Å². The third-order valence-corrected chi connectivity index (χ3v) is 14.1. The van der Waals surface area contributed by atoms with E-state index in [4.69, 9.17) is 9.47 Å². The zero-order valence-corrected chi connectivity index (χ0v) is 39.5. The lowest BCUT2D eigenvalue weighted by molar-refractivity contribution is -0.136. The molecule has 4 N–H and O–H groups in total. The largest absolute Gasteiger partial charge is 0.453 e. The van der Waals surface area contributed by atoms with Gasteiger partial charge < -0.3 is 44.8 Å². The van der Waals surface area contributed by atoms with Crippen molar-refractivity contribution in [2.75, 3.05) is 32.2 Å². The third kappa shape index (κ3) is 9.16. The Morgan fingerprint density at radius 3 is 1.42 bits per heavy atom. The molecule has 3 aromatic carbocycles. The number of hydrogen-bond acceptors (Lipinski definition) is 7. The highest BCUT2D eigenvalue weighted by atomic mass is 16.5. The van der Waals surface area contributed by atoms with Gasteiger partial charge >= 0.3 is 12.2 Å². The molecule has 13 nitrogen and oxygen atoms in total. The van der Waals surface area contributed by atoms with Crippen molar-refractivity contribution in [1.29, 1.82) is 0 Å². The number of nitrogens with zero attached hydrogens (tertiary/aromatic N) is 3. The first-order valence-electron chi connectivity index (χ1n) is 23.5. The minimum atomic E-state index is -0.674. The monoisotopic (exact) mass is 886 g/mol. The summed E-state index contributed by atoms with van der Waals surface area (Å²) >= 11 is 0. The number of alkyl carbamates (subject to hydrolysis) is 2. The van der Waals surface area contributed by atoms with E-state index >= 15 is 0 Å². The Kier molecular flexibility index (Phi) is 13.0. The van der Waals surface area contributed by atoms with Gasteiger partial charge in [0.05, 0.1) is 38.4 Å². The second kappa shape index (κ2) is 18.5. The fourth-order valence-electron chi connectivity index (χ4n) is 10.5. The number of hydrogen-bond donors (Lipinski definition) is 4. The van der Waals surface area contributed by atoms with Gasteiger partial charge in [0.2, 0.25) is 11.8 Å². The van der Waals surface area contributed by atoms with E-state index in [0.717, 1.165) is 71.7 Å². The molecule has 0 radical (unpaired) electrons. The smallest absolute Gasteiger partial charge is 0.407 e. The number of fused-ring (bicyclic) bond motifs is 2. The van der Waals surface area contributed by atoms with Gasteiger partial charge in [0.15, 0.2) is 0 Å². The number of methoxy groups -OCH3 is 2. The number of carbonyl (C=O) groups is 4. The van der Waals surface area contributed by atoms with Crippen LogP contribution in [0.25, 0.3) is 21.8 Å². The van der Waals surface area contributed by atoms with E-state index in [1.807, 2.05) is 37.5 Å². The van der Waals surface area contributed by atoms with Crippen molar-refractivity contribution in [1.82, 2.24) is 30.4 Å². The van der Waals surface area contributed by atoms with Crippen molar-refractivity contribution in [3.63, 3.8) is 0 Å². The summed E-state index contributed by atoms with van der Waals surface area (Å²) in [6.07, 6.45) is 4.17. The van der Waals surface area contributed by atoms with Crippen molar-refractivity contribution in [3.05, 3.63) is 101 Å². The van der Waals surface area contributed by atoms with Crippen LogP contribution >= 0.6 is 0 Å². The van der Waals surface area contributed by atoms with Crippen LogP contribution in [0.3, 0.4) is 0 Å². The van der Waals surface area contributed by atoms with Gasteiger partial charge in [-0.15, -0.1) is 0 Å². The molecular weight excluding hydrogens is 819 g/mol. The van der Waals surface area contributed by atoms with Crippen molar-refractivity contribution in [3.8, 4) is 0 Å². The summed E-state index contributed by atoms with van der Waals surface area (Å²) in [5, 5.41) is 7.73. The topological polar surface area (TPSA) is 152 Å². The van der Waals surface area contributed by atoms with Gasteiger partial charge in [-0.05, 0) is 120 Å². The van der Waals surface area contributed by atoms with Crippen molar-refractivity contribution in [2.45, 2.75) is 129 Å². The molecule has 0 aliphatic carbocycles. The summed E-state index contributed by atoms with van der Waals surface area (Å²) in [5.41, 5.74) is 9.02. The molecule has 65 heavy (non-hydrogen) atoms. The predicted octanol–water partition coefficient (Wildman–Crippen LogP) is 10.1. The molecule has 4 amide bonds. The molecule has 0 bridgehead atoms. The van der Waals surface area contributed by atoms with Crippen LogP contribution in [0.2, 0.25) is 0 Å². The van der Waals surface area contributed by atoms with Gasteiger partial charge in [0.1, 0.15) is 12.1 Å². The van der Waals surface area contributed by atoms with E-state index in [9.17, 15) is 19.2 Å². The summed E-state index contributed by atoms with van der Waals surface area (Å²) in [4.78, 5) is 66.1. The summed E-state index contributed by atoms with van der Waals surface area (Å²) in [6.45, 7) is 15.7. The molecule has 13 heteroatoms. The molecule has 1 unspecified atom stereocenters. The highest BCUT2D eigenvalue weighted by molar-refractivity contribution is 5.88. The number of amides is 4. The number of aromatic nitrogens is 2. The molecule has 346 valence electrons. The Morgan fingerprint density at radius 2 is 1.03 bits per heavy atom. The molecule has 3 aliphatic heterocycles. The lowest BCUT2D eigenvalue weighted by Gasteiger charge is -2.34. The van der Waals surface area contributed by atoms with Crippen LogP contribution in [0, 0.1) is 11.8 Å². The Morgan fingerprint density at radius 1 is 0.600 bits per heavy atom. The van der Waals surface area contributed by atoms with Crippen LogP contribution in [0.5, 0.6) is 0 Å². The van der Waals surface area contributed by atoms with Gasteiger partial charge in [-0.2, -0.15) is 0 Å². The summed E-state index contributed by atoms with van der Waals surface area (Å²) in [6, 6.07) is 25.6. The van der Waals surface area contributed by atoms with Gasteiger partial charge in [-0.3, -0.25) is 9.59 Å². The number of H-pyrrole nitrogens is 2. The first-order valence-corrected chi connectivity index (χ1v) is 23.5. The number of rotatable bonds is 11. The molecule has 8 rings (SSSR count). The Hall–Kier alpha value is -5.98. The molecule has 0 saturated carbocycles. The maximum atomic E-state index is 13.9. The molecule has 0 spiro atoms. The average molecular weight is 886 g/mol. The molecule has 3 aliphatic rings. The third-order valence-electron chi connectivity index (χ3n) is 14.1. The van der Waals surface area contributed by atoms with Gasteiger partial charge in [-0.1, -0.05) is 84.9 Å². The second-order valence-corrected chi connectivity index (χ2v) is 20.1. The highest BCUT2D eigenvalue weighted by Gasteiger charge is 2.40. The van der Waals surface area contributed by atoms with Crippen molar-refractivity contribution < 1.29 is 28.7 Å². The van der Waals surface area contributed by atoms with Crippen LogP contribution < -0.4 is 15.5 Å². The minimum Gasteiger partial charge on any atom is -0.453 e. The van der Waals surface area contributed by atoms with Crippen molar-refractivity contribution in [2.24, 2.45) is 11.8 Å². The van der Waals surface area contributed by atoms with Crippen LogP contribution in [-0.4, -0.2) is 83.2 Å². The molecule has 3 saturated heterocycles. The average Bonchev–Trinajstić information content (AvgIpc) is 4.14. The SMILES string of the molecule is COC(=O)N[C@H](C(=O)N1CCC[C@H]1c1cc2ccc(C3CC[C@H](c4ccc5cc([C@@H]6CCCN6C(=O)[C@@H](NC(=O)OC)C(C)C)[nH]c5c4)N3c3ccc(C(C)(C)C)cc3)cc2[nH]1)C(C)C. The summed E-state index contributed by atoms with van der Waals surface area (Å²) in [7, 11) is 2.63. The second-order valence-electron chi connectivity index (χ2n) is 20.1. The number of anilines is 1. The lowest BCUT2D eigenvalue weighted by atomic mass is 9.87. The minimum absolute atomic E-state index is 0.0230. The molecule has 2 aromatic heterocycles. The Bertz CT molecular complexity index is 2390. The Balaban J connectivity index is 1.09. The van der Waals surface area contributed by atoms with E-state index in [0.29, 0.717) is 13.1 Å². The van der Waals surface area contributed by atoms with Gasteiger partial charge in [-0.25, -0.2) is 9.59 Å². The van der Waals surface area contributed by atoms with Crippen molar-refractivity contribution >= 4 is 51.5 Å². The standard InChI is InChI=1S/C52H67N7O6/c1-30(2)46(55-50(62)64-8)48(60)57-24-10-12-44(57)40-26-32-14-16-34(28-38(32)53-40)42-22-23-43(59(42)37-20-18-36(19-21-37)52(5,6)7)35-17-15-33-27-41(54-39(33)29-35)45-13-11-25-58(45)49(61)47(31(3)4)56-51(63)65-9/h14-21,26-31,42-47,53-54H,10-13,22-25H2,1-9H3,(H,55,62)(H,56,63)/t42-,43?,44+,45+,46+,47+/m1/s1. The lowest BCUT2D eigenvalue weighted by Crippen LogP contribution is -2.51. The zero-order chi connectivity index (χ0) is 46.3. The van der Waals surface area contributed by atoms with Crippen LogP contribution in [0.15, 0.2) is 72.8 Å². The fraction of sp³-hybridized carbons (Fsp3) is 0.500. The number of likely N-dealkylation sites (tertiary alicyclic amines) is 2. The van der Waals surface area contributed by atoms with Gasteiger partial charge in [0, 0.05) is 41.2 Å². The number of benzene rings is 3. The summed E-state index contributed by atoms with van der Waals surface area (Å²) in [5.74, 6) is -0.376. The van der Waals surface area contributed by atoms with E-state index in [1.54, 1.807) is 0 Å². The van der Waals surface area contributed by atoms with Crippen LogP contribution in [-0.2, 0) is 24.5 Å². The Labute approximate surface area is 383 Å². The number of carbonyl (C=O) groups excluding carboxylic acids is 4. The van der Waals surface area contributed by atoms with E-state index in [1.165, 1.54) is 36.6 Å². The van der Waals surface area contributed by atoms with E-state index in [-0.39, 0.29) is 53.2 Å². The fourth-order valence-corrected chi connectivity index (χ4v) is 10.5. The first-order chi connectivity index (χ1) is 31.1. The predicted molar refractivity (Wildman–Crippen MR) is 255 cm³/mol. The molecule has 5 aromatic rings. The maximum absolute atomic E-state index is 13.9. The van der Waals surface area contributed by atoms with E-state index < -0.39 is 24.3 Å². The van der Waals surface area contributed by atoms with Crippen LogP contribution in [0.4, 0.5) is 15.3 Å². The molecule has 5 heterocycles. The quantitative estimate of drug-likeness (QED) is 0.103.